The third-order valence-corrected chi connectivity index (χ3v) is 4.56. The van der Waals surface area contributed by atoms with E-state index in [0.717, 1.165) is 11.1 Å². The lowest BCUT2D eigenvalue weighted by molar-refractivity contribution is 0.0683. The molecule has 0 aliphatic heterocycles. The molecule has 0 spiro atoms. The molecule has 0 radical (unpaired) electrons. The van der Waals surface area contributed by atoms with Crippen molar-refractivity contribution in [2.45, 2.75) is 33.2 Å². The highest BCUT2D eigenvalue weighted by Gasteiger charge is 2.22. The van der Waals surface area contributed by atoms with E-state index in [1.165, 1.54) is 4.57 Å². The fourth-order valence-corrected chi connectivity index (χ4v) is 2.97. The molecule has 1 heterocycles. The van der Waals surface area contributed by atoms with Gasteiger partial charge in [0.15, 0.2) is 5.69 Å². The lowest BCUT2D eigenvalue weighted by atomic mass is 10.2. The molecule has 32 heavy (non-hydrogen) atoms. The Morgan fingerprint density at radius 2 is 1.59 bits per heavy atom. The summed E-state index contributed by atoms with van der Waals surface area (Å²) in [5.41, 5.74) is 0.452. The van der Waals surface area contributed by atoms with Crippen molar-refractivity contribution in [3.63, 3.8) is 0 Å². The molecule has 9 heteroatoms. The highest BCUT2D eigenvalue weighted by molar-refractivity contribution is 5.88. The number of hydrogen-bond donors (Lipinski definition) is 2. The van der Waals surface area contributed by atoms with Crippen LogP contribution >= 0.6 is 0 Å². The Kier molecular flexibility index (Phi) is 7.58. The fourth-order valence-electron chi connectivity index (χ4n) is 2.97. The third kappa shape index (κ3) is 5.72. The number of hydrogen-bond acceptors (Lipinski definition) is 6. The van der Waals surface area contributed by atoms with Crippen LogP contribution in [0.25, 0.3) is 0 Å². The van der Waals surface area contributed by atoms with Gasteiger partial charge < -0.3 is 19.9 Å². The molecule has 0 fully saturated rings. The summed E-state index contributed by atoms with van der Waals surface area (Å²) >= 11 is 0. The van der Waals surface area contributed by atoms with Gasteiger partial charge in [0.05, 0.1) is 6.54 Å². The predicted molar refractivity (Wildman–Crippen MR) is 115 cm³/mol. The zero-order valence-electron chi connectivity index (χ0n) is 17.5. The number of amides is 1. The first-order valence-corrected chi connectivity index (χ1v) is 9.97. The lowest BCUT2D eigenvalue weighted by Gasteiger charge is -2.15. The number of alkyl carbamates (subject to hydrolysis) is 1. The quantitative estimate of drug-likeness (QED) is 0.528. The predicted octanol–water partition coefficient (Wildman–Crippen LogP) is 2.97. The van der Waals surface area contributed by atoms with Crippen LogP contribution in [0.1, 0.15) is 34.4 Å². The molecular formula is C23H23N3O6. The molecule has 0 atom stereocenters. The number of carbonyl (C=O) groups excluding carboxylic acids is 1. The molecule has 0 bridgehead atoms. The fraction of sp³-hybridized carbons (Fsp3) is 0.217. The van der Waals surface area contributed by atoms with Crippen molar-refractivity contribution in [1.82, 2.24) is 14.9 Å². The van der Waals surface area contributed by atoms with Gasteiger partial charge in [-0.05, 0) is 18.1 Å². The maximum Gasteiger partial charge on any atom is 0.407 e. The summed E-state index contributed by atoms with van der Waals surface area (Å²) in [6.45, 7) is 1.83. The standard InChI is InChI=1S/C23H23N3O6/c1-2-26-18(13-24-23(30)32-15-17-11-7-4-8-12-17)25-19(22(28)29)20(21(26)27)31-14-16-9-5-3-6-10-16/h3-12H,2,13-15H2,1H3,(H,24,30)(H,28,29). The molecule has 0 saturated heterocycles. The van der Waals surface area contributed by atoms with Crippen molar-refractivity contribution in [3.8, 4) is 5.75 Å². The van der Waals surface area contributed by atoms with Gasteiger partial charge in [-0.15, -0.1) is 0 Å². The second-order valence-corrected chi connectivity index (χ2v) is 6.75. The van der Waals surface area contributed by atoms with Gasteiger partial charge in [0.25, 0.3) is 5.56 Å². The Balaban J connectivity index is 1.75. The van der Waals surface area contributed by atoms with Crippen LogP contribution in [0.4, 0.5) is 4.79 Å². The number of aromatic nitrogens is 2. The van der Waals surface area contributed by atoms with Gasteiger partial charge in [-0.25, -0.2) is 14.6 Å². The Morgan fingerprint density at radius 3 is 2.16 bits per heavy atom. The van der Waals surface area contributed by atoms with Crippen LogP contribution in [0.2, 0.25) is 0 Å². The first-order valence-electron chi connectivity index (χ1n) is 9.97. The highest BCUT2D eigenvalue weighted by atomic mass is 16.5. The third-order valence-electron chi connectivity index (χ3n) is 4.56. The number of carbonyl (C=O) groups is 2. The molecule has 9 nitrogen and oxygen atoms in total. The first-order chi connectivity index (χ1) is 15.5. The largest absolute Gasteiger partial charge is 0.481 e. The molecular weight excluding hydrogens is 414 g/mol. The molecule has 3 rings (SSSR count). The molecule has 1 amide bonds. The summed E-state index contributed by atoms with van der Waals surface area (Å²) in [6.07, 6.45) is -0.716. The monoisotopic (exact) mass is 437 g/mol. The average molecular weight is 437 g/mol. The van der Waals surface area contributed by atoms with Gasteiger partial charge in [-0.1, -0.05) is 60.7 Å². The number of aromatic carboxylic acids is 1. The van der Waals surface area contributed by atoms with Crippen LogP contribution in [0, 0.1) is 0 Å². The van der Waals surface area contributed by atoms with Crippen molar-refractivity contribution in [2.75, 3.05) is 0 Å². The molecule has 0 aliphatic rings. The number of nitrogens with one attached hydrogen (secondary N) is 1. The summed E-state index contributed by atoms with van der Waals surface area (Å²) in [4.78, 5) is 40.7. The van der Waals surface area contributed by atoms with E-state index >= 15 is 0 Å². The summed E-state index contributed by atoms with van der Waals surface area (Å²) in [6, 6.07) is 18.2. The number of nitrogens with zero attached hydrogens (tertiary/aromatic N) is 2. The van der Waals surface area contributed by atoms with E-state index in [4.69, 9.17) is 9.47 Å². The normalized spacial score (nSPS) is 10.4. The number of benzene rings is 2. The van der Waals surface area contributed by atoms with Crippen molar-refractivity contribution in [2.24, 2.45) is 0 Å². The minimum absolute atomic E-state index is 0.0190. The van der Waals surface area contributed by atoms with E-state index < -0.39 is 23.3 Å². The Labute approximate surface area is 184 Å². The Morgan fingerprint density at radius 1 is 1.00 bits per heavy atom. The topological polar surface area (TPSA) is 120 Å². The van der Waals surface area contributed by atoms with E-state index in [1.54, 1.807) is 19.1 Å². The Bertz CT molecular complexity index is 1130. The molecule has 2 N–H and O–H groups in total. The van der Waals surface area contributed by atoms with Crippen LogP contribution in [-0.2, 0) is 31.0 Å². The van der Waals surface area contributed by atoms with Gasteiger partial charge in [-0.3, -0.25) is 9.36 Å². The SMILES string of the molecule is CCn1c(CNC(=O)OCc2ccccc2)nc(C(=O)O)c(OCc2ccccc2)c1=O. The van der Waals surface area contributed by atoms with E-state index in [2.05, 4.69) is 10.3 Å². The lowest BCUT2D eigenvalue weighted by Crippen LogP contribution is -2.33. The number of carboxylic acids is 1. The second kappa shape index (κ2) is 10.8. The molecule has 1 aromatic heterocycles. The zero-order valence-corrected chi connectivity index (χ0v) is 17.5. The van der Waals surface area contributed by atoms with Crippen LogP contribution in [0.5, 0.6) is 5.75 Å². The molecule has 166 valence electrons. The van der Waals surface area contributed by atoms with Crippen LogP contribution in [-0.4, -0.2) is 26.7 Å². The van der Waals surface area contributed by atoms with Crippen LogP contribution in [0.15, 0.2) is 65.5 Å². The van der Waals surface area contributed by atoms with E-state index in [0.29, 0.717) is 0 Å². The second-order valence-electron chi connectivity index (χ2n) is 6.75. The molecule has 2 aromatic carbocycles. The van der Waals surface area contributed by atoms with Crippen LogP contribution < -0.4 is 15.6 Å². The van der Waals surface area contributed by atoms with Crippen molar-refractivity contribution in [1.29, 1.82) is 0 Å². The molecule has 0 aliphatic carbocycles. The first kappa shape index (κ1) is 22.5. The number of rotatable bonds is 9. The summed E-state index contributed by atoms with van der Waals surface area (Å²) < 4.78 is 11.9. The van der Waals surface area contributed by atoms with Gasteiger partial charge in [-0.2, -0.15) is 0 Å². The van der Waals surface area contributed by atoms with E-state index in [9.17, 15) is 19.5 Å². The number of ether oxygens (including phenoxy) is 2. The molecule has 3 aromatic rings. The summed E-state index contributed by atoms with van der Waals surface area (Å²) in [5, 5.41) is 12.1. The minimum atomic E-state index is -1.40. The number of carboxylic acid groups (broad SMARTS) is 1. The van der Waals surface area contributed by atoms with E-state index in [-0.39, 0.29) is 37.9 Å². The van der Waals surface area contributed by atoms with Gasteiger partial charge in [0.1, 0.15) is 19.0 Å². The maximum absolute atomic E-state index is 12.9. The molecule has 0 unspecified atom stereocenters. The average Bonchev–Trinajstić information content (AvgIpc) is 2.81. The van der Waals surface area contributed by atoms with E-state index in [1.807, 2.05) is 48.5 Å². The maximum atomic E-state index is 12.9. The highest BCUT2D eigenvalue weighted by Crippen LogP contribution is 2.15. The van der Waals surface area contributed by atoms with Gasteiger partial charge >= 0.3 is 12.1 Å². The summed E-state index contributed by atoms with van der Waals surface area (Å²) in [5.74, 6) is -1.67. The smallest absolute Gasteiger partial charge is 0.407 e. The van der Waals surface area contributed by atoms with Gasteiger partial charge in [0, 0.05) is 6.54 Å². The van der Waals surface area contributed by atoms with Gasteiger partial charge in [0.2, 0.25) is 5.75 Å². The minimum Gasteiger partial charge on any atom is -0.481 e. The molecule has 0 saturated carbocycles. The van der Waals surface area contributed by atoms with Crippen molar-refractivity contribution in [3.05, 3.63) is 93.7 Å². The van der Waals surface area contributed by atoms with Crippen LogP contribution in [0.3, 0.4) is 0 Å². The Hall–Kier alpha value is -4.14. The zero-order chi connectivity index (χ0) is 22.9. The van der Waals surface area contributed by atoms with Crippen molar-refractivity contribution < 1.29 is 24.2 Å². The van der Waals surface area contributed by atoms with Crippen molar-refractivity contribution >= 4 is 12.1 Å². The summed E-state index contributed by atoms with van der Waals surface area (Å²) in [7, 11) is 0.